The van der Waals surface area contributed by atoms with E-state index in [1.807, 2.05) is 13.8 Å². The van der Waals surface area contributed by atoms with Gasteiger partial charge >= 0.3 is 0 Å². The summed E-state index contributed by atoms with van der Waals surface area (Å²) < 4.78 is 0. The number of halogens is 2. The standard InChI is InChI=1S/C12H15Cl2NO2/c1-7(13)5-8(2)15-12(17)9-3-4-11(16)10(14)6-9/h3-4,6-8,16H,5H2,1-2H3,(H,15,17). The van der Waals surface area contributed by atoms with Gasteiger partial charge in [0.1, 0.15) is 5.75 Å². The molecule has 2 atom stereocenters. The molecule has 1 rings (SSSR count). The van der Waals surface area contributed by atoms with E-state index in [-0.39, 0.29) is 28.1 Å². The number of benzene rings is 1. The number of nitrogens with one attached hydrogen (secondary N) is 1. The molecular weight excluding hydrogens is 261 g/mol. The summed E-state index contributed by atoms with van der Waals surface area (Å²) >= 11 is 11.6. The molecule has 17 heavy (non-hydrogen) atoms. The fourth-order valence-electron chi connectivity index (χ4n) is 1.50. The van der Waals surface area contributed by atoms with Gasteiger partial charge in [-0.1, -0.05) is 11.6 Å². The summed E-state index contributed by atoms with van der Waals surface area (Å²) in [6.45, 7) is 3.76. The van der Waals surface area contributed by atoms with Crippen molar-refractivity contribution in [3.05, 3.63) is 28.8 Å². The van der Waals surface area contributed by atoms with Crippen LogP contribution in [0.15, 0.2) is 18.2 Å². The van der Waals surface area contributed by atoms with Gasteiger partial charge in [-0.2, -0.15) is 0 Å². The van der Waals surface area contributed by atoms with Crippen LogP contribution >= 0.6 is 23.2 Å². The van der Waals surface area contributed by atoms with Crippen LogP contribution in [0.4, 0.5) is 0 Å². The van der Waals surface area contributed by atoms with Gasteiger partial charge in [-0.3, -0.25) is 4.79 Å². The highest BCUT2D eigenvalue weighted by atomic mass is 35.5. The summed E-state index contributed by atoms with van der Waals surface area (Å²) in [5.74, 6) is -0.262. The number of hydrogen-bond acceptors (Lipinski definition) is 2. The van der Waals surface area contributed by atoms with E-state index >= 15 is 0 Å². The third-order valence-electron chi connectivity index (χ3n) is 2.27. The monoisotopic (exact) mass is 275 g/mol. The topological polar surface area (TPSA) is 49.3 Å². The molecule has 0 aliphatic heterocycles. The Morgan fingerprint density at radius 2 is 2.12 bits per heavy atom. The van der Waals surface area contributed by atoms with Crippen LogP contribution in [-0.4, -0.2) is 22.4 Å². The Bertz CT molecular complexity index is 407. The molecule has 1 aromatic carbocycles. The zero-order chi connectivity index (χ0) is 13.0. The van der Waals surface area contributed by atoms with Gasteiger partial charge in [0.2, 0.25) is 0 Å². The van der Waals surface area contributed by atoms with Crippen LogP contribution in [0.25, 0.3) is 0 Å². The lowest BCUT2D eigenvalue weighted by Crippen LogP contribution is -2.33. The zero-order valence-electron chi connectivity index (χ0n) is 9.71. The van der Waals surface area contributed by atoms with Crippen molar-refractivity contribution in [1.82, 2.24) is 5.32 Å². The highest BCUT2D eigenvalue weighted by Gasteiger charge is 2.12. The Kier molecular flexibility index (Phi) is 5.09. The minimum atomic E-state index is -0.225. The molecule has 5 heteroatoms. The van der Waals surface area contributed by atoms with Crippen molar-refractivity contribution >= 4 is 29.1 Å². The molecule has 1 aromatic rings. The number of phenolic OH excluding ortho intramolecular Hbond substituents is 1. The van der Waals surface area contributed by atoms with E-state index in [0.29, 0.717) is 12.0 Å². The number of aromatic hydroxyl groups is 1. The summed E-state index contributed by atoms with van der Waals surface area (Å²) in [7, 11) is 0. The first-order chi connectivity index (χ1) is 7.90. The molecule has 0 bridgehead atoms. The maximum absolute atomic E-state index is 11.8. The minimum absolute atomic E-state index is 0.00806. The second-order valence-corrected chi connectivity index (χ2v) is 5.21. The molecule has 0 fully saturated rings. The smallest absolute Gasteiger partial charge is 0.251 e. The molecular formula is C12H15Cl2NO2. The molecule has 0 saturated heterocycles. The SMILES string of the molecule is CC(Cl)CC(C)NC(=O)c1ccc(O)c(Cl)c1. The molecule has 2 unspecified atom stereocenters. The molecule has 0 radical (unpaired) electrons. The van der Waals surface area contributed by atoms with Crippen LogP contribution in [0.5, 0.6) is 5.75 Å². The Hall–Kier alpha value is -0.930. The second kappa shape index (κ2) is 6.12. The van der Waals surface area contributed by atoms with E-state index < -0.39 is 0 Å². The van der Waals surface area contributed by atoms with E-state index in [4.69, 9.17) is 23.2 Å². The minimum Gasteiger partial charge on any atom is -0.506 e. The van der Waals surface area contributed by atoms with E-state index in [2.05, 4.69) is 5.32 Å². The van der Waals surface area contributed by atoms with Gasteiger partial charge in [0, 0.05) is 17.0 Å². The van der Waals surface area contributed by atoms with Crippen LogP contribution in [-0.2, 0) is 0 Å². The van der Waals surface area contributed by atoms with Crippen LogP contribution in [0, 0.1) is 0 Å². The van der Waals surface area contributed by atoms with Crippen LogP contribution in [0.2, 0.25) is 5.02 Å². The Balaban J connectivity index is 2.66. The molecule has 0 aliphatic rings. The highest BCUT2D eigenvalue weighted by Crippen LogP contribution is 2.23. The lowest BCUT2D eigenvalue weighted by molar-refractivity contribution is 0.0938. The predicted molar refractivity (Wildman–Crippen MR) is 70.0 cm³/mol. The van der Waals surface area contributed by atoms with Crippen LogP contribution in [0.3, 0.4) is 0 Å². The van der Waals surface area contributed by atoms with Gasteiger partial charge in [0.25, 0.3) is 5.91 Å². The van der Waals surface area contributed by atoms with E-state index in [9.17, 15) is 9.90 Å². The van der Waals surface area contributed by atoms with Crippen molar-refractivity contribution in [3.8, 4) is 5.75 Å². The Morgan fingerprint density at radius 3 is 2.65 bits per heavy atom. The number of alkyl halides is 1. The number of amides is 1. The quantitative estimate of drug-likeness (QED) is 0.830. The molecule has 3 nitrogen and oxygen atoms in total. The molecule has 0 spiro atoms. The van der Waals surface area contributed by atoms with Gasteiger partial charge in [-0.05, 0) is 38.5 Å². The first kappa shape index (κ1) is 14.1. The molecule has 2 N–H and O–H groups in total. The lowest BCUT2D eigenvalue weighted by atomic mass is 10.1. The van der Waals surface area contributed by atoms with Crippen molar-refractivity contribution in [2.45, 2.75) is 31.7 Å². The third kappa shape index (κ3) is 4.44. The van der Waals surface area contributed by atoms with Gasteiger partial charge < -0.3 is 10.4 Å². The Labute approximate surface area is 111 Å². The molecule has 0 heterocycles. The highest BCUT2D eigenvalue weighted by molar-refractivity contribution is 6.32. The van der Waals surface area contributed by atoms with Crippen molar-refractivity contribution in [2.75, 3.05) is 0 Å². The first-order valence-corrected chi connectivity index (χ1v) is 6.15. The number of rotatable bonds is 4. The van der Waals surface area contributed by atoms with Crippen molar-refractivity contribution in [3.63, 3.8) is 0 Å². The van der Waals surface area contributed by atoms with Gasteiger partial charge in [-0.25, -0.2) is 0 Å². The maximum atomic E-state index is 11.8. The normalized spacial score (nSPS) is 14.1. The number of phenols is 1. The first-order valence-electron chi connectivity index (χ1n) is 5.33. The van der Waals surface area contributed by atoms with Crippen molar-refractivity contribution < 1.29 is 9.90 Å². The average molecular weight is 276 g/mol. The molecule has 0 saturated carbocycles. The number of carbonyl (C=O) groups excluding carboxylic acids is 1. The van der Waals surface area contributed by atoms with E-state index in [1.54, 1.807) is 0 Å². The predicted octanol–water partition coefficient (Wildman–Crippen LogP) is 3.18. The van der Waals surface area contributed by atoms with Crippen molar-refractivity contribution in [1.29, 1.82) is 0 Å². The number of carbonyl (C=O) groups is 1. The fraction of sp³-hybridized carbons (Fsp3) is 0.417. The average Bonchev–Trinajstić information content (AvgIpc) is 2.20. The third-order valence-corrected chi connectivity index (χ3v) is 2.75. The summed E-state index contributed by atoms with van der Waals surface area (Å²) in [6, 6.07) is 4.34. The summed E-state index contributed by atoms with van der Waals surface area (Å²) in [5.41, 5.74) is 0.418. The lowest BCUT2D eigenvalue weighted by Gasteiger charge is -2.15. The van der Waals surface area contributed by atoms with Gasteiger partial charge in [0.05, 0.1) is 5.02 Å². The fourth-order valence-corrected chi connectivity index (χ4v) is 1.95. The summed E-state index contributed by atoms with van der Waals surface area (Å²) in [4.78, 5) is 11.8. The van der Waals surface area contributed by atoms with Crippen LogP contribution in [0.1, 0.15) is 30.6 Å². The van der Waals surface area contributed by atoms with Gasteiger partial charge in [0.15, 0.2) is 0 Å². The molecule has 1 amide bonds. The summed E-state index contributed by atoms with van der Waals surface area (Å²) in [6.07, 6.45) is 0.694. The second-order valence-electron chi connectivity index (χ2n) is 4.06. The largest absolute Gasteiger partial charge is 0.506 e. The Morgan fingerprint density at radius 1 is 1.47 bits per heavy atom. The summed E-state index contributed by atoms with van der Waals surface area (Å²) in [5, 5.41) is 12.2. The molecule has 0 aromatic heterocycles. The number of hydrogen-bond donors (Lipinski definition) is 2. The zero-order valence-corrected chi connectivity index (χ0v) is 11.2. The molecule has 94 valence electrons. The molecule has 0 aliphatic carbocycles. The van der Waals surface area contributed by atoms with Gasteiger partial charge in [-0.15, -0.1) is 11.6 Å². The van der Waals surface area contributed by atoms with Crippen molar-refractivity contribution in [2.24, 2.45) is 0 Å². The van der Waals surface area contributed by atoms with E-state index in [0.717, 1.165) is 0 Å². The van der Waals surface area contributed by atoms with Crippen LogP contribution < -0.4 is 5.32 Å². The van der Waals surface area contributed by atoms with E-state index in [1.165, 1.54) is 18.2 Å². The maximum Gasteiger partial charge on any atom is 0.251 e.